The number of pyridine rings is 1. The van der Waals surface area contributed by atoms with Crippen molar-refractivity contribution in [1.29, 1.82) is 0 Å². The first kappa shape index (κ1) is 10.6. The monoisotopic (exact) mass is 231 g/mol. The second-order valence-corrected chi connectivity index (χ2v) is 5.91. The Morgan fingerprint density at radius 3 is 2.65 bits per heavy atom. The Bertz CT molecular complexity index is 626. The standard InChI is InChI=1S/C13H17N3O/c1-13(2,3)9-6-10-14-12(8-4-5-8)15-16(10)11(17)7-9/h6-8H,4-5H2,1-3H3,(H,14,15). The zero-order chi connectivity index (χ0) is 12.2. The summed E-state index contributed by atoms with van der Waals surface area (Å²) in [6.07, 6.45) is 2.36. The fraction of sp³-hybridized carbons (Fsp3) is 0.538. The van der Waals surface area contributed by atoms with E-state index in [1.165, 1.54) is 12.8 Å². The molecule has 1 saturated carbocycles. The lowest BCUT2D eigenvalue weighted by Crippen LogP contribution is -2.19. The molecule has 1 aliphatic rings. The molecular formula is C13H17N3O. The van der Waals surface area contributed by atoms with E-state index in [4.69, 9.17) is 0 Å². The van der Waals surface area contributed by atoms with Crippen LogP contribution in [0.5, 0.6) is 0 Å². The number of H-pyrrole nitrogens is 1. The zero-order valence-electron chi connectivity index (χ0n) is 10.4. The third-order valence-electron chi connectivity index (χ3n) is 3.30. The van der Waals surface area contributed by atoms with Crippen LogP contribution in [-0.2, 0) is 5.41 Å². The highest BCUT2D eigenvalue weighted by molar-refractivity contribution is 5.43. The van der Waals surface area contributed by atoms with Crippen LogP contribution in [0.1, 0.15) is 50.9 Å². The molecule has 2 aromatic rings. The predicted molar refractivity (Wildman–Crippen MR) is 66.5 cm³/mol. The van der Waals surface area contributed by atoms with E-state index in [0.29, 0.717) is 5.92 Å². The van der Waals surface area contributed by atoms with Crippen molar-refractivity contribution < 1.29 is 0 Å². The van der Waals surface area contributed by atoms with Crippen molar-refractivity contribution in [2.24, 2.45) is 0 Å². The van der Waals surface area contributed by atoms with Gasteiger partial charge in [0.25, 0.3) is 5.56 Å². The Kier molecular flexibility index (Phi) is 2.00. The smallest absolute Gasteiger partial charge is 0.271 e. The summed E-state index contributed by atoms with van der Waals surface area (Å²) in [5.74, 6) is 1.49. The molecule has 4 heteroatoms. The Morgan fingerprint density at radius 1 is 1.35 bits per heavy atom. The maximum atomic E-state index is 12.0. The molecule has 0 bridgehead atoms. The lowest BCUT2D eigenvalue weighted by Gasteiger charge is -2.18. The third kappa shape index (κ3) is 1.77. The lowest BCUT2D eigenvalue weighted by molar-refractivity contribution is 0.588. The van der Waals surface area contributed by atoms with Crippen LogP contribution < -0.4 is 5.56 Å². The van der Waals surface area contributed by atoms with Gasteiger partial charge in [-0.25, -0.2) is 9.50 Å². The van der Waals surface area contributed by atoms with Crippen LogP contribution in [0.4, 0.5) is 0 Å². The van der Waals surface area contributed by atoms with E-state index in [-0.39, 0.29) is 11.0 Å². The van der Waals surface area contributed by atoms with Gasteiger partial charge >= 0.3 is 0 Å². The van der Waals surface area contributed by atoms with Crippen molar-refractivity contribution in [2.75, 3.05) is 0 Å². The number of hydrogen-bond acceptors (Lipinski definition) is 2. The minimum absolute atomic E-state index is 0.0212. The lowest BCUT2D eigenvalue weighted by atomic mass is 9.88. The third-order valence-corrected chi connectivity index (χ3v) is 3.30. The molecular weight excluding hydrogens is 214 g/mol. The summed E-state index contributed by atoms with van der Waals surface area (Å²) < 4.78 is 1.54. The summed E-state index contributed by atoms with van der Waals surface area (Å²) in [5, 5.41) is 3.10. The van der Waals surface area contributed by atoms with E-state index >= 15 is 0 Å². The van der Waals surface area contributed by atoms with E-state index in [2.05, 4.69) is 30.9 Å². The Labute approximate surface area is 99.7 Å². The molecule has 0 aromatic carbocycles. The molecule has 17 heavy (non-hydrogen) atoms. The second kappa shape index (κ2) is 3.22. The van der Waals surface area contributed by atoms with Gasteiger partial charge in [0, 0.05) is 12.0 Å². The molecule has 4 nitrogen and oxygen atoms in total. The summed E-state index contributed by atoms with van der Waals surface area (Å²) in [6, 6.07) is 3.70. The van der Waals surface area contributed by atoms with E-state index in [1.807, 2.05) is 6.07 Å². The van der Waals surface area contributed by atoms with Gasteiger partial charge in [0.05, 0.1) is 0 Å². The molecule has 1 aliphatic carbocycles. The van der Waals surface area contributed by atoms with Crippen molar-refractivity contribution in [2.45, 2.75) is 44.9 Å². The van der Waals surface area contributed by atoms with Gasteiger partial charge in [0.15, 0.2) is 5.65 Å². The van der Waals surface area contributed by atoms with Crippen LogP contribution in [0.25, 0.3) is 5.65 Å². The van der Waals surface area contributed by atoms with Gasteiger partial charge in [-0.15, -0.1) is 0 Å². The average molecular weight is 231 g/mol. The molecule has 0 radical (unpaired) electrons. The Balaban J connectivity index is 2.21. The number of nitrogens with zero attached hydrogens (tertiary/aromatic N) is 2. The predicted octanol–water partition coefficient (Wildman–Crippen LogP) is 2.20. The first-order chi connectivity index (χ1) is 7.95. The Morgan fingerprint density at radius 2 is 2.06 bits per heavy atom. The number of aromatic amines is 1. The molecule has 3 rings (SSSR count). The van der Waals surface area contributed by atoms with Gasteiger partial charge in [-0.3, -0.25) is 9.89 Å². The average Bonchev–Trinajstić information content (AvgIpc) is 2.97. The SMILES string of the molecule is CC(C)(C)c1cc(=O)n2[nH]c(C3CC3)nc2c1. The number of fused-ring (bicyclic) bond motifs is 1. The number of nitrogens with one attached hydrogen (secondary N) is 1. The summed E-state index contributed by atoms with van der Waals surface area (Å²) in [5.41, 5.74) is 1.74. The summed E-state index contributed by atoms with van der Waals surface area (Å²) >= 11 is 0. The molecule has 0 atom stereocenters. The van der Waals surface area contributed by atoms with Gasteiger partial charge in [-0.1, -0.05) is 20.8 Å². The van der Waals surface area contributed by atoms with Crippen molar-refractivity contribution in [1.82, 2.24) is 14.6 Å². The van der Waals surface area contributed by atoms with E-state index < -0.39 is 0 Å². The highest BCUT2D eigenvalue weighted by Crippen LogP contribution is 2.38. The maximum absolute atomic E-state index is 12.0. The first-order valence-corrected chi connectivity index (χ1v) is 6.08. The van der Waals surface area contributed by atoms with Crippen molar-refractivity contribution >= 4 is 5.65 Å². The summed E-state index contributed by atoms with van der Waals surface area (Å²) in [6.45, 7) is 6.31. The Hall–Kier alpha value is -1.58. The van der Waals surface area contributed by atoms with Gasteiger partial charge in [0.1, 0.15) is 5.82 Å². The number of hydrogen-bond donors (Lipinski definition) is 1. The van der Waals surface area contributed by atoms with Crippen LogP contribution in [0.15, 0.2) is 16.9 Å². The molecule has 0 aliphatic heterocycles. The van der Waals surface area contributed by atoms with Crippen LogP contribution in [0.3, 0.4) is 0 Å². The quantitative estimate of drug-likeness (QED) is 0.818. The van der Waals surface area contributed by atoms with Crippen LogP contribution in [0.2, 0.25) is 0 Å². The second-order valence-electron chi connectivity index (χ2n) is 5.91. The normalized spacial score (nSPS) is 16.6. The minimum atomic E-state index is -0.0215. The van der Waals surface area contributed by atoms with Crippen molar-refractivity contribution in [3.05, 3.63) is 33.9 Å². The van der Waals surface area contributed by atoms with Gasteiger partial charge in [-0.05, 0) is 29.9 Å². The molecule has 1 fully saturated rings. The van der Waals surface area contributed by atoms with E-state index in [0.717, 1.165) is 17.0 Å². The molecule has 0 unspecified atom stereocenters. The van der Waals surface area contributed by atoms with Gasteiger partial charge in [0.2, 0.25) is 0 Å². The largest absolute Gasteiger partial charge is 0.276 e. The molecule has 1 N–H and O–H groups in total. The van der Waals surface area contributed by atoms with Gasteiger partial charge < -0.3 is 0 Å². The van der Waals surface area contributed by atoms with Crippen LogP contribution in [0, 0.1) is 0 Å². The molecule has 0 spiro atoms. The highest BCUT2D eigenvalue weighted by atomic mass is 16.1. The van der Waals surface area contributed by atoms with Gasteiger partial charge in [-0.2, -0.15) is 0 Å². The fourth-order valence-corrected chi connectivity index (χ4v) is 1.99. The summed E-state index contributed by atoms with van der Waals surface area (Å²) in [7, 11) is 0. The summed E-state index contributed by atoms with van der Waals surface area (Å²) in [4.78, 5) is 16.5. The van der Waals surface area contributed by atoms with Crippen molar-refractivity contribution in [3.8, 4) is 0 Å². The first-order valence-electron chi connectivity index (χ1n) is 6.08. The fourth-order valence-electron chi connectivity index (χ4n) is 1.99. The van der Waals surface area contributed by atoms with Crippen LogP contribution in [-0.4, -0.2) is 14.6 Å². The molecule has 2 aromatic heterocycles. The zero-order valence-corrected chi connectivity index (χ0v) is 10.4. The van der Waals surface area contributed by atoms with E-state index in [1.54, 1.807) is 10.6 Å². The maximum Gasteiger partial charge on any atom is 0.271 e. The van der Waals surface area contributed by atoms with Crippen molar-refractivity contribution in [3.63, 3.8) is 0 Å². The molecule has 2 heterocycles. The molecule has 0 amide bonds. The molecule has 90 valence electrons. The topological polar surface area (TPSA) is 50.2 Å². The van der Waals surface area contributed by atoms with Crippen LogP contribution >= 0.6 is 0 Å². The number of aromatic nitrogens is 3. The minimum Gasteiger partial charge on any atom is -0.276 e. The molecule has 0 saturated heterocycles. The highest BCUT2D eigenvalue weighted by Gasteiger charge is 2.27. The van der Waals surface area contributed by atoms with E-state index in [9.17, 15) is 4.79 Å². The number of rotatable bonds is 1.